The molecule has 0 spiro atoms. The second-order valence-corrected chi connectivity index (χ2v) is 4.79. The monoisotopic (exact) mass is 225 g/mol. The smallest absolute Gasteiger partial charge is 0.307 e. The van der Waals surface area contributed by atoms with Gasteiger partial charge >= 0.3 is 5.97 Å². The van der Waals surface area contributed by atoms with Crippen LogP contribution in [0.3, 0.4) is 0 Å². The fourth-order valence-electron chi connectivity index (χ4n) is 2.99. The van der Waals surface area contributed by atoms with E-state index in [-0.39, 0.29) is 17.7 Å². The molecule has 0 aromatic carbocycles. The number of imide groups is 1. The molecule has 4 atom stereocenters. The molecule has 0 bridgehead atoms. The quantitative estimate of drug-likeness (QED) is 0.653. The standard InChI is InChI=1S/C11H15NO4/c1-5-3-4-6-8(7(5)11(15)16)10(14)12(2)9(6)13/h5-8H,3-4H2,1-2H3,(H,15,16)/t5-,6+,7+,8-/m0/s1. The van der Waals surface area contributed by atoms with E-state index in [0.29, 0.717) is 12.8 Å². The van der Waals surface area contributed by atoms with Gasteiger partial charge in [0, 0.05) is 7.05 Å². The molecule has 2 aliphatic rings. The average Bonchev–Trinajstić information content (AvgIpc) is 2.43. The summed E-state index contributed by atoms with van der Waals surface area (Å²) in [4.78, 5) is 35.9. The molecule has 0 aromatic rings. The Morgan fingerprint density at radius 3 is 2.50 bits per heavy atom. The van der Waals surface area contributed by atoms with E-state index in [1.807, 2.05) is 6.92 Å². The van der Waals surface area contributed by atoms with Gasteiger partial charge in [-0.05, 0) is 18.8 Å². The second kappa shape index (κ2) is 3.57. The normalized spacial score (nSPS) is 38.8. The summed E-state index contributed by atoms with van der Waals surface area (Å²) < 4.78 is 0. The Labute approximate surface area is 93.4 Å². The van der Waals surface area contributed by atoms with Gasteiger partial charge in [-0.15, -0.1) is 0 Å². The average molecular weight is 225 g/mol. The van der Waals surface area contributed by atoms with Crippen molar-refractivity contribution in [3.8, 4) is 0 Å². The molecule has 1 saturated heterocycles. The highest BCUT2D eigenvalue weighted by Crippen LogP contribution is 2.44. The molecule has 1 aliphatic heterocycles. The first kappa shape index (κ1) is 11.1. The van der Waals surface area contributed by atoms with Gasteiger partial charge in [-0.25, -0.2) is 0 Å². The highest BCUT2D eigenvalue weighted by molar-refractivity contribution is 6.06. The first-order chi connectivity index (χ1) is 7.45. The molecule has 88 valence electrons. The number of carboxylic acids is 1. The van der Waals surface area contributed by atoms with Crippen molar-refractivity contribution in [3.63, 3.8) is 0 Å². The molecule has 0 aromatic heterocycles. The van der Waals surface area contributed by atoms with E-state index in [1.165, 1.54) is 7.05 Å². The lowest BCUT2D eigenvalue weighted by Crippen LogP contribution is -2.40. The van der Waals surface area contributed by atoms with Crippen LogP contribution in [0.15, 0.2) is 0 Å². The molecule has 2 rings (SSSR count). The third kappa shape index (κ3) is 1.34. The summed E-state index contributed by atoms with van der Waals surface area (Å²) in [5, 5.41) is 9.16. The lowest BCUT2D eigenvalue weighted by Gasteiger charge is -2.32. The molecule has 5 heteroatoms. The van der Waals surface area contributed by atoms with Crippen molar-refractivity contribution in [1.29, 1.82) is 0 Å². The first-order valence-corrected chi connectivity index (χ1v) is 5.49. The number of carbonyl (C=O) groups is 3. The van der Waals surface area contributed by atoms with Crippen LogP contribution < -0.4 is 0 Å². The second-order valence-electron chi connectivity index (χ2n) is 4.79. The molecule has 16 heavy (non-hydrogen) atoms. The van der Waals surface area contributed by atoms with Gasteiger partial charge in [0.25, 0.3) is 0 Å². The number of rotatable bonds is 1. The lowest BCUT2D eigenvalue weighted by atomic mass is 9.68. The van der Waals surface area contributed by atoms with E-state index in [2.05, 4.69) is 0 Å². The largest absolute Gasteiger partial charge is 0.481 e. The van der Waals surface area contributed by atoms with Crippen molar-refractivity contribution in [2.75, 3.05) is 7.05 Å². The van der Waals surface area contributed by atoms with Gasteiger partial charge in [0.1, 0.15) is 0 Å². The Balaban J connectivity index is 2.37. The maximum Gasteiger partial charge on any atom is 0.307 e. The van der Waals surface area contributed by atoms with Crippen molar-refractivity contribution in [2.24, 2.45) is 23.7 Å². The summed E-state index contributed by atoms with van der Waals surface area (Å²) in [5.74, 6) is -3.29. The zero-order valence-corrected chi connectivity index (χ0v) is 9.34. The van der Waals surface area contributed by atoms with Crippen molar-refractivity contribution < 1.29 is 19.5 Å². The lowest BCUT2D eigenvalue weighted by molar-refractivity contribution is -0.152. The zero-order chi connectivity index (χ0) is 12.0. The summed E-state index contributed by atoms with van der Waals surface area (Å²) in [5.41, 5.74) is 0. The Hall–Kier alpha value is -1.39. The zero-order valence-electron chi connectivity index (χ0n) is 9.34. The van der Waals surface area contributed by atoms with E-state index in [4.69, 9.17) is 5.11 Å². The van der Waals surface area contributed by atoms with E-state index in [1.54, 1.807) is 0 Å². The molecule has 2 amide bonds. The van der Waals surface area contributed by atoms with Crippen LogP contribution in [0.5, 0.6) is 0 Å². The fourth-order valence-corrected chi connectivity index (χ4v) is 2.99. The van der Waals surface area contributed by atoms with E-state index >= 15 is 0 Å². The van der Waals surface area contributed by atoms with Crippen LogP contribution in [-0.4, -0.2) is 34.8 Å². The molecule has 0 unspecified atom stereocenters. The molecule has 1 N–H and O–H groups in total. The van der Waals surface area contributed by atoms with Crippen LogP contribution >= 0.6 is 0 Å². The predicted molar refractivity (Wildman–Crippen MR) is 54.3 cm³/mol. The minimum Gasteiger partial charge on any atom is -0.481 e. The number of aliphatic carboxylic acids is 1. The highest BCUT2D eigenvalue weighted by Gasteiger charge is 2.55. The molecule has 1 heterocycles. The summed E-state index contributed by atoms with van der Waals surface area (Å²) in [7, 11) is 1.44. The Morgan fingerprint density at radius 1 is 1.31 bits per heavy atom. The van der Waals surface area contributed by atoms with Crippen LogP contribution in [0.25, 0.3) is 0 Å². The topological polar surface area (TPSA) is 74.7 Å². The molecular formula is C11H15NO4. The summed E-state index contributed by atoms with van der Waals surface area (Å²) in [6.07, 6.45) is 1.33. The number of carboxylic acid groups (broad SMARTS) is 1. The van der Waals surface area contributed by atoms with Gasteiger partial charge < -0.3 is 5.11 Å². The molecule has 5 nitrogen and oxygen atoms in total. The SMILES string of the molecule is C[C@H]1CC[C@H]2C(=O)N(C)C(=O)[C@@H]2[C@@H]1C(=O)O. The van der Waals surface area contributed by atoms with Crippen LogP contribution in [0.4, 0.5) is 0 Å². The Kier molecular flexibility index (Phi) is 2.48. The summed E-state index contributed by atoms with van der Waals surface area (Å²) in [6, 6.07) is 0. The van der Waals surface area contributed by atoms with Gasteiger partial charge in [0.2, 0.25) is 11.8 Å². The van der Waals surface area contributed by atoms with E-state index in [9.17, 15) is 14.4 Å². The Bertz CT molecular complexity index is 365. The van der Waals surface area contributed by atoms with Crippen LogP contribution in [0.1, 0.15) is 19.8 Å². The van der Waals surface area contributed by atoms with Crippen molar-refractivity contribution >= 4 is 17.8 Å². The molecular weight excluding hydrogens is 210 g/mol. The minimum absolute atomic E-state index is 0.0398. The predicted octanol–water partition coefficient (Wildman–Crippen LogP) is 0.348. The number of hydrogen-bond donors (Lipinski definition) is 1. The number of amides is 2. The number of carbonyl (C=O) groups excluding carboxylic acids is 2. The van der Waals surface area contributed by atoms with Gasteiger partial charge in [-0.1, -0.05) is 6.92 Å². The van der Waals surface area contributed by atoms with Crippen molar-refractivity contribution in [3.05, 3.63) is 0 Å². The molecule has 1 saturated carbocycles. The van der Waals surface area contributed by atoms with Gasteiger partial charge in [-0.3, -0.25) is 19.3 Å². The van der Waals surface area contributed by atoms with E-state index in [0.717, 1.165) is 4.90 Å². The van der Waals surface area contributed by atoms with Crippen molar-refractivity contribution in [1.82, 2.24) is 4.90 Å². The third-order valence-corrected chi connectivity index (χ3v) is 3.92. The molecule has 2 fully saturated rings. The maximum absolute atomic E-state index is 11.9. The summed E-state index contributed by atoms with van der Waals surface area (Å²) >= 11 is 0. The maximum atomic E-state index is 11.9. The molecule has 0 radical (unpaired) electrons. The fraction of sp³-hybridized carbons (Fsp3) is 0.727. The van der Waals surface area contributed by atoms with Gasteiger partial charge in [-0.2, -0.15) is 0 Å². The number of likely N-dealkylation sites (tertiary alicyclic amines) is 1. The van der Waals surface area contributed by atoms with Crippen LogP contribution in [-0.2, 0) is 14.4 Å². The number of hydrogen-bond acceptors (Lipinski definition) is 3. The third-order valence-electron chi connectivity index (χ3n) is 3.92. The van der Waals surface area contributed by atoms with Gasteiger partial charge in [0.15, 0.2) is 0 Å². The van der Waals surface area contributed by atoms with Crippen molar-refractivity contribution in [2.45, 2.75) is 19.8 Å². The highest BCUT2D eigenvalue weighted by atomic mass is 16.4. The van der Waals surface area contributed by atoms with Crippen LogP contribution in [0, 0.1) is 23.7 Å². The molecule has 1 aliphatic carbocycles. The Morgan fingerprint density at radius 2 is 1.94 bits per heavy atom. The first-order valence-electron chi connectivity index (χ1n) is 5.49. The number of fused-ring (bicyclic) bond motifs is 1. The summed E-state index contributed by atoms with van der Waals surface area (Å²) in [6.45, 7) is 1.84. The van der Waals surface area contributed by atoms with Gasteiger partial charge in [0.05, 0.1) is 17.8 Å². The number of nitrogens with zero attached hydrogens (tertiary/aromatic N) is 1. The minimum atomic E-state index is -0.960. The van der Waals surface area contributed by atoms with Crippen LogP contribution in [0.2, 0.25) is 0 Å². The van der Waals surface area contributed by atoms with E-state index < -0.39 is 23.7 Å².